The topological polar surface area (TPSA) is 3.24 Å². The minimum atomic E-state index is 1.12. The molecule has 1 heterocycles. The summed E-state index contributed by atoms with van der Waals surface area (Å²) in [6.07, 6.45) is 0. The van der Waals surface area contributed by atoms with Gasteiger partial charge in [-0.15, -0.1) is 11.3 Å². The maximum absolute atomic E-state index is 2.39. The highest BCUT2D eigenvalue weighted by molar-refractivity contribution is 7.25. The zero-order valence-corrected chi connectivity index (χ0v) is 27.1. The van der Waals surface area contributed by atoms with Gasteiger partial charge in [0.1, 0.15) is 0 Å². The molecule has 0 aliphatic heterocycles. The lowest BCUT2D eigenvalue weighted by molar-refractivity contribution is 1.28. The predicted molar refractivity (Wildman–Crippen MR) is 208 cm³/mol. The van der Waals surface area contributed by atoms with Gasteiger partial charge in [0.25, 0.3) is 0 Å². The minimum Gasteiger partial charge on any atom is -0.311 e. The Labute approximate surface area is 284 Å². The molecular formula is C46H31NS. The molecule has 1 aromatic heterocycles. The number of rotatable bonds is 6. The fourth-order valence-corrected chi connectivity index (χ4v) is 7.99. The van der Waals surface area contributed by atoms with Crippen LogP contribution in [0, 0.1) is 0 Å². The van der Waals surface area contributed by atoms with Crippen LogP contribution in [0.25, 0.3) is 64.3 Å². The van der Waals surface area contributed by atoms with E-state index in [1.54, 1.807) is 0 Å². The van der Waals surface area contributed by atoms with Crippen LogP contribution in [0.2, 0.25) is 0 Å². The predicted octanol–water partition coefficient (Wildman–Crippen LogP) is 13.7. The zero-order chi connectivity index (χ0) is 31.9. The van der Waals surface area contributed by atoms with Gasteiger partial charge in [0.05, 0.1) is 0 Å². The molecule has 0 amide bonds. The summed E-state index contributed by atoms with van der Waals surface area (Å²) in [5.41, 5.74) is 10.7. The lowest BCUT2D eigenvalue weighted by atomic mass is 9.96. The number of nitrogens with zero attached hydrogens (tertiary/aromatic N) is 1. The maximum atomic E-state index is 2.39. The van der Waals surface area contributed by atoms with Crippen LogP contribution in [0.3, 0.4) is 0 Å². The molecular weight excluding hydrogens is 599 g/mol. The van der Waals surface area contributed by atoms with E-state index < -0.39 is 0 Å². The van der Waals surface area contributed by atoms with Crippen molar-refractivity contribution in [3.63, 3.8) is 0 Å². The van der Waals surface area contributed by atoms with Crippen molar-refractivity contribution < 1.29 is 0 Å². The van der Waals surface area contributed by atoms with E-state index in [2.05, 4.69) is 193 Å². The van der Waals surface area contributed by atoms with E-state index in [4.69, 9.17) is 0 Å². The molecule has 0 saturated heterocycles. The second-order valence-electron chi connectivity index (χ2n) is 12.2. The molecule has 0 fully saturated rings. The van der Waals surface area contributed by atoms with Crippen molar-refractivity contribution in [1.82, 2.24) is 0 Å². The third-order valence-corrected chi connectivity index (χ3v) is 10.4. The van der Waals surface area contributed by atoms with Crippen LogP contribution >= 0.6 is 11.3 Å². The second-order valence-corrected chi connectivity index (χ2v) is 13.3. The van der Waals surface area contributed by atoms with E-state index in [0.717, 1.165) is 17.1 Å². The summed E-state index contributed by atoms with van der Waals surface area (Å²) in [6.45, 7) is 0. The van der Waals surface area contributed by atoms with Gasteiger partial charge in [0.2, 0.25) is 0 Å². The van der Waals surface area contributed by atoms with Crippen molar-refractivity contribution >= 4 is 59.3 Å². The van der Waals surface area contributed by atoms with E-state index in [1.165, 1.54) is 64.3 Å². The second kappa shape index (κ2) is 12.0. The molecule has 9 rings (SSSR count). The molecule has 0 aliphatic carbocycles. The number of benzene rings is 8. The highest BCUT2D eigenvalue weighted by atomic mass is 32.1. The fourth-order valence-electron chi connectivity index (χ4n) is 6.85. The minimum absolute atomic E-state index is 1.12. The Bertz CT molecular complexity index is 2430. The molecule has 2 heteroatoms. The molecule has 0 aliphatic rings. The van der Waals surface area contributed by atoms with Crippen LogP contribution in [0.1, 0.15) is 0 Å². The van der Waals surface area contributed by atoms with Crippen molar-refractivity contribution in [2.75, 3.05) is 4.90 Å². The van der Waals surface area contributed by atoms with Crippen LogP contribution in [-0.4, -0.2) is 0 Å². The third-order valence-electron chi connectivity index (χ3n) is 9.28. The Morgan fingerprint density at radius 2 is 0.812 bits per heavy atom. The van der Waals surface area contributed by atoms with Crippen molar-refractivity contribution in [3.8, 4) is 33.4 Å². The molecule has 0 N–H and O–H groups in total. The first-order chi connectivity index (χ1) is 23.8. The van der Waals surface area contributed by atoms with Gasteiger partial charge in [-0.05, 0) is 98.8 Å². The molecule has 0 saturated carbocycles. The Balaban J connectivity index is 1.12. The first-order valence-corrected chi connectivity index (χ1v) is 17.2. The maximum Gasteiger partial charge on any atom is 0.0462 e. The van der Waals surface area contributed by atoms with Crippen molar-refractivity contribution in [2.45, 2.75) is 0 Å². The molecule has 9 aromatic rings. The fraction of sp³-hybridized carbons (Fsp3) is 0. The Morgan fingerprint density at radius 3 is 1.40 bits per heavy atom. The third kappa shape index (κ3) is 5.13. The monoisotopic (exact) mass is 629 g/mol. The molecule has 0 bridgehead atoms. The van der Waals surface area contributed by atoms with Gasteiger partial charge < -0.3 is 4.90 Å². The molecule has 0 radical (unpaired) electrons. The molecule has 48 heavy (non-hydrogen) atoms. The smallest absolute Gasteiger partial charge is 0.0462 e. The summed E-state index contributed by atoms with van der Waals surface area (Å²) in [4.78, 5) is 2.34. The summed E-state index contributed by atoms with van der Waals surface area (Å²) in [5.74, 6) is 0. The number of hydrogen-bond donors (Lipinski definition) is 0. The molecule has 1 nitrogen and oxygen atoms in total. The van der Waals surface area contributed by atoms with Gasteiger partial charge in [0.15, 0.2) is 0 Å². The first kappa shape index (κ1) is 28.3. The van der Waals surface area contributed by atoms with E-state index >= 15 is 0 Å². The number of thiophene rings is 1. The molecule has 0 spiro atoms. The summed E-state index contributed by atoms with van der Waals surface area (Å²) >= 11 is 1.87. The average molecular weight is 630 g/mol. The Morgan fingerprint density at radius 1 is 0.312 bits per heavy atom. The largest absolute Gasteiger partial charge is 0.311 e. The summed E-state index contributed by atoms with van der Waals surface area (Å²) in [5, 5.41) is 5.22. The van der Waals surface area contributed by atoms with Gasteiger partial charge in [-0.2, -0.15) is 0 Å². The normalized spacial score (nSPS) is 11.3. The van der Waals surface area contributed by atoms with Gasteiger partial charge in [-0.1, -0.05) is 133 Å². The lowest BCUT2D eigenvalue weighted by Gasteiger charge is -2.26. The van der Waals surface area contributed by atoms with Crippen LogP contribution < -0.4 is 4.90 Å². The SMILES string of the molecule is c1ccc(-c2ccc(N(c3ccc(-c4ccccc4)cc3)c3ccc(-c4cccc5cc6sc7ccccc7c6cc45)cc3)cc2)cc1. The molecule has 226 valence electrons. The average Bonchev–Trinajstić information content (AvgIpc) is 3.53. The van der Waals surface area contributed by atoms with Gasteiger partial charge in [-0.25, -0.2) is 0 Å². The van der Waals surface area contributed by atoms with Crippen LogP contribution in [0.5, 0.6) is 0 Å². The summed E-state index contributed by atoms with van der Waals surface area (Å²) in [6, 6.07) is 68.1. The van der Waals surface area contributed by atoms with Crippen LogP contribution in [-0.2, 0) is 0 Å². The molecule has 0 atom stereocenters. The summed E-state index contributed by atoms with van der Waals surface area (Å²) in [7, 11) is 0. The Kier molecular flexibility index (Phi) is 7.07. The van der Waals surface area contributed by atoms with Crippen molar-refractivity contribution in [1.29, 1.82) is 0 Å². The lowest BCUT2D eigenvalue weighted by Crippen LogP contribution is -2.09. The van der Waals surface area contributed by atoms with Crippen molar-refractivity contribution in [2.24, 2.45) is 0 Å². The van der Waals surface area contributed by atoms with E-state index in [-0.39, 0.29) is 0 Å². The van der Waals surface area contributed by atoms with E-state index in [0.29, 0.717) is 0 Å². The van der Waals surface area contributed by atoms with Gasteiger partial charge in [0, 0.05) is 37.2 Å². The first-order valence-electron chi connectivity index (χ1n) is 16.3. The number of fused-ring (bicyclic) bond motifs is 4. The van der Waals surface area contributed by atoms with Gasteiger partial charge in [-0.3, -0.25) is 0 Å². The Hall–Kier alpha value is -5.96. The zero-order valence-electron chi connectivity index (χ0n) is 26.3. The number of anilines is 3. The van der Waals surface area contributed by atoms with Crippen LogP contribution in [0.15, 0.2) is 188 Å². The quantitative estimate of drug-likeness (QED) is 0.177. The van der Waals surface area contributed by atoms with Gasteiger partial charge >= 0.3 is 0 Å². The van der Waals surface area contributed by atoms with E-state index in [1.807, 2.05) is 11.3 Å². The standard InChI is InChI=1S/C46H31NS/c1-3-10-32(11-4-1)34-18-24-38(25-19-34)47(39-26-20-35(21-27-39)33-12-5-2-6-13-33)40-28-22-36(23-29-40)41-16-9-14-37-30-46-44(31-43(37)41)42-15-7-8-17-45(42)48-46/h1-31H. The number of hydrogen-bond acceptors (Lipinski definition) is 2. The summed E-state index contributed by atoms with van der Waals surface area (Å²) < 4.78 is 2.67. The van der Waals surface area contributed by atoms with Crippen molar-refractivity contribution in [3.05, 3.63) is 188 Å². The molecule has 0 unspecified atom stereocenters. The van der Waals surface area contributed by atoms with E-state index in [9.17, 15) is 0 Å². The van der Waals surface area contributed by atoms with Crippen LogP contribution in [0.4, 0.5) is 17.1 Å². The molecule has 8 aromatic carbocycles. The highest BCUT2D eigenvalue weighted by Crippen LogP contribution is 2.41. The highest BCUT2D eigenvalue weighted by Gasteiger charge is 2.15.